The summed E-state index contributed by atoms with van der Waals surface area (Å²) in [7, 11) is 0. The van der Waals surface area contributed by atoms with E-state index in [1.165, 1.54) is 4.57 Å². The maximum Gasteiger partial charge on any atom is 0.332 e. The highest BCUT2D eigenvalue weighted by atomic mass is 16.3. The predicted octanol–water partition coefficient (Wildman–Crippen LogP) is 3.10. The van der Waals surface area contributed by atoms with Gasteiger partial charge in [0.1, 0.15) is 6.61 Å². The first-order valence-corrected chi connectivity index (χ1v) is 10.3. The first kappa shape index (κ1) is 21.2. The first-order chi connectivity index (χ1) is 15.6. The SMILES string of the molecule is O=C(CO)c1ccc(Cn2c(=O)n(C/C=C/c3ccccc3)c(=O)c3ccccc32)cc1. The Kier molecular flexibility index (Phi) is 6.24. The Hall–Kier alpha value is -4.03. The largest absolute Gasteiger partial charge is 0.388 e. The number of carbonyl (C=O) groups excluding carboxylic acids is 1. The maximum atomic E-state index is 13.3. The average Bonchev–Trinajstić information content (AvgIpc) is 2.84. The standard InChI is InChI=1S/C26H22N2O4/c29-18-24(30)21-14-12-20(13-15-21)17-28-23-11-5-4-10-22(23)25(31)27(26(28)32)16-6-9-19-7-2-1-3-8-19/h1-15,29H,16-18H2/b9-6+. The second-order valence-electron chi connectivity index (χ2n) is 7.39. The molecular weight excluding hydrogens is 404 g/mol. The Morgan fingerprint density at radius 2 is 1.53 bits per heavy atom. The summed E-state index contributed by atoms with van der Waals surface area (Å²) in [5, 5.41) is 9.48. The number of Topliss-reactive ketones (excluding diaryl/α,β-unsaturated/α-hetero) is 1. The van der Waals surface area contributed by atoms with Crippen LogP contribution >= 0.6 is 0 Å². The number of para-hydroxylation sites is 1. The highest BCUT2D eigenvalue weighted by Crippen LogP contribution is 2.12. The van der Waals surface area contributed by atoms with Gasteiger partial charge in [0, 0.05) is 12.1 Å². The van der Waals surface area contributed by atoms with E-state index in [4.69, 9.17) is 5.11 Å². The van der Waals surface area contributed by atoms with E-state index < -0.39 is 12.3 Å². The molecule has 0 atom stereocenters. The molecule has 1 heterocycles. The molecule has 4 rings (SSSR count). The third kappa shape index (κ3) is 4.36. The minimum atomic E-state index is -0.551. The molecule has 0 aliphatic carbocycles. The van der Waals surface area contributed by atoms with Crippen molar-refractivity contribution in [2.75, 3.05) is 6.61 Å². The zero-order valence-electron chi connectivity index (χ0n) is 17.3. The molecule has 3 aromatic carbocycles. The van der Waals surface area contributed by atoms with Crippen LogP contribution < -0.4 is 11.2 Å². The average molecular weight is 426 g/mol. The molecule has 0 radical (unpaired) electrons. The van der Waals surface area contributed by atoms with Crippen LogP contribution in [0, 0.1) is 0 Å². The van der Waals surface area contributed by atoms with E-state index in [1.54, 1.807) is 59.2 Å². The molecule has 0 unspecified atom stereocenters. The molecule has 0 amide bonds. The molecule has 0 aliphatic heterocycles. The van der Waals surface area contributed by atoms with Crippen molar-refractivity contribution in [2.24, 2.45) is 0 Å². The van der Waals surface area contributed by atoms with Crippen LogP contribution in [0.4, 0.5) is 0 Å². The molecule has 0 saturated heterocycles. The lowest BCUT2D eigenvalue weighted by atomic mass is 10.1. The van der Waals surface area contributed by atoms with Gasteiger partial charge in [-0.05, 0) is 23.3 Å². The normalized spacial score (nSPS) is 11.3. The van der Waals surface area contributed by atoms with Gasteiger partial charge in [-0.3, -0.25) is 18.7 Å². The fraction of sp³-hybridized carbons (Fsp3) is 0.115. The number of aliphatic hydroxyl groups excluding tert-OH is 1. The van der Waals surface area contributed by atoms with E-state index in [2.05, 4.69) is 0 Å². The van der Waals surface area contributed by atoms with E-state index in [1.807, 2.05) is 36.4 Å². The number of nitrogens with zero attached hydrogens (tertiary/aromatic N) is 2. The fourth-order valence-corrected chi connectivity index (χ4v) is 3.61. The monoisotopic (exact) mass is 426 g/mol. The number of rotatable bonds is 7. The molecule has 1 aromatic heterocycles. The Labute approximate surface area is 184 Å². The van der Waals surface area contributed by atoms with Crippen LogP contribution in [0.1, 0.15) is 21.5 Å². The molecule has 6 heteroatoms. The van der Waals surface area contributed by atoms with E-state index in [0.717, 1.165) is 11.1 Å². The summed E-state index contributed by atoms with van der Waals surface area (Å²) < 4.78 is 2.79. The number of aliphatic hydroxyl groups is 1. The summed E-state index contributed by atoms with van der Waals surface area (Å²) in [5.41, 5.74) is 2.02. The van der Waals surface area contributed by atoms with Crippen LogP contribution in [-0.2, 0) is 13.1 Å². The number of fused-ring (bicyclic) bond motifs is 1. The third-order valence-electron chi connectivity index (χ3n) is 5.29. The van der Waals surface area contributed by atoms with Crippen molar-refractivity contribution < 1.29 is 9.90 Å². The first-order valence-electron chi connectivity index (χ1n) is 10.3. The number of hydrogen-bond donors (Lipinski definition) is 1. The van der Waals surface area contributed by atoms with Gasteiger partial charge in [0.15, 0.2) is 5.78 Å². The molecule has 4 aromatic rings. The minimum absolute atomic E-state index is 0.154. The van der Waals surface area contributed by atoms with Gasteiger partial charge in [0.2, 0.25) is 0 Å². The van der Waals surface area contributed by atoms with Gasteiger partial charge >= 0.3 is 5.69 Å². The summed E-state index contributed by atoms with van der Waals surface area (Å²) in [5.74, 6) is -0.363. The number of carbonyl (C=O) groups is 1. The minimum Gasteiger partial charge on any atom is -0.388 e. The van der Waals surface area contributed by atoms with E-state index in [0.29, 0.717) is 16.5 Å². The highest BCUT2D eigenvalue weighted by Gasteiger charge is 2.13. The number of aromatic nitrogens is 2. The van der Waals surface area contributed by atoms with Crippen LogP contribution in [0.5, 0.6) is 0 Å². The zero-order valence-corrected chi connectivity index (χ0v) is 17.3. The lowest BCUT2D eigenvalue weighted by Crippen LogP contribution is -2.40. The van der Waals surface area contributed by atoms with Crippen molar-refractivity contribution in [1.82, 2.24) is 9.13 Å². The number of benzene rings is 3. The van der Waals surface area contributed by atoms with Gasteiger partial charge in [-0.15, -0.1) is 0 Å². The van der Waals surface area contributed by atoms with Crippen LogP contribution in [0.2, 0.25) is 0 Å². The Bertz CT molecular complexity index is 1400. The number of ketones is 1. The van der Waals surface area contributed by atoms with Crippen molar-refractivity contribution in [3.05, 3.63) is 122 Å². The summed E-state index contributed by atoms with van der Waals surface area (Å²) in [6.07, 6.45) is 3.68. The lowest BCUT2D eigenvalue weighted by Gasteiger charge is -2.13. The maximum absolute atomic E-state index is 13.3. The quantitative estimate of drug-likeness (QED) is 0.461. The second kappa shape index (κ2) is 9.41. The predicted molar refractivity (Wildman–Crippen MR) is 125 cm³/mol. The smallest absolute Gasteiger partial charge is 0.332 e. The lowest BCUT2D eigenvalue weighted by molar-refractivity contribution is 0.0903. The molecule has 1 N–H and O–H groups in total. The molecule has 160 valence electrons. The van der Waals surface area contributed by atoms with Crippen LogP contribution in [0.25, 0.3) is 17.0 Å². The molecule has 0 aliphatic rings. The third-order valence-corrected chi connectivity index (χ3v) is 5.29. The van der Waals surface area contributed by atoms with Gasteiger partial charge in [-0.2, -0.15) is 0 Å². The van der Waals surface area contributed by atoms with Gasteiger partial charge in [0.25, 0.3) is 5.56 Å². The molecule has 0 spiro atoms. The Morgan fingerprint density at radius 3 is 2.25 bits per heavy atom. The van der Waals surface area contributed by atoms with Gasteiger partial charge in [-0.25, -0.2) is 4.79 Å². The topological polar surface area (TPSA) is 81.3 Å². The van der Waals surface area contributed by atoms with Gasteiger partial charge in [0.05, 0.1) is 17.4 Å². The molecule has 0 saturated carbocycles. The second-order valence-corrected chi connectivity index (χ2v) is 7.39. The Balaban J connectivity index is 1.73. The van der Waals surface area contributed by atoms with Crippen LogP contribution in [0.3, 0.4) is 0 Å². The van der Waals surface area contributed by atoms with Crippen LogP contribution in [-0.4, -0.2) is 26.6 Å². The summed E-state index contributed by atoms with van der Waals surface area (Å²) >= 11 is 0. The number of hydrogen-bond acceptors (Lipinski definition) is 4. The molecular formula is C26H22N2O4. The van der Waals surface area contributed by atoms with Gasteiger partial charge in [-0.1, -0.05) is 78.9 Å². The molecule has 0 fully saturated rings. The summed E-state index contributed by atoms with van der Waals surface area (Å²) in [4.78, 5) is 37.9. The summed E-state index contributed by atoms with van der Waals surface area (Å²) in [6.45, 7) is -0.151. The van der Waals surface area contributed by atoms with Crippen molar-refractivity contribution in [1.29, 1.82) is 0 Å². The zero-order chi connectivity index (χ0) is 22.5. The van der Waals surface area contributed by atoms with Crippen molar-refractivity contribution >= 4 is 22.8 Å². The number of allylic oxidation sites excluding steroid dienone is 1. The van der Waals surface area contributed by atoms with Crippen molar-refractivity contribution in [2.45, 2.75) is 13.1 Å². The Morgan fingerprint density at radius 1 is 0.844 bits per heavy atom. The summed E-state index contributed by atoms with van der Waals surface area (Å²) in [6, 6.07) is 23.5. The van der Waals surface area contributed by atoms with Crippen molar-refractivity contribution in [3.63, 3.8) is 0 Å². The van der Waals surface area contributed by atoms with E-state index in [9.17, 15) is 14.4 Å². The molecule has 6 nitrogen and oxygen atoms in total. The van der Waals surface area contributed by atoms with Crippen LogP contribution in [0.15, 0.2) is 94.5 Å². The highest BCUT2D eigenvalue weighted by molar-refractivity contribution is 5.96. The van der Waals surface area contributed by atoms with E-state index >= 15 is 0 Å². The van der Waals surface area contributed by atoms with E-state index in [-0.39, 0.29) is 24.4 Å². The van der Waals surface area contributed by atoms with Crippen molar-refractivity contribution in [3.8, 4) is 0 Å². The molecule has 32 heavy (non-hydrogen) atoms. The van der Waals surface area contributed by atoms with Gasteiger partial charge < -0.3 is 5.11 Å². The fourth-order valence-electron chi connectivity index (χ4n) is 3.61. The molecule has 0 bridgehead atoms.